The molecule has 0 heterocycles. The summed E-state index contributed by atoms with van der Waals surface area (Å²) in [5.41, 5.74) is 1.18. The lowest BCUT2D eigenvalue weighted by Gasteiger charge is -2.08. The van der Waals surface area contributed by atoms with Gasteiger partial charge < -0.3 is 0 Å². The highest BCUT2D eigenvalue weighted by atomic mass is 35.5. The molecule has 2 rings (SSSR count). The van der Waals surface area contributed by atoms with Crippen LogP contribution in [0.2, 0.25) is 0 Å². The Labute approximate surface area is 128 Å². The molecule has 6 heteroatoms. The number of hydrogen-bond acceptors (Lipinski definition) is 3. The molecule has 0 bridgehead atoms. The zero-order valence-corrected chi connectivity index (χ0v) is 12.4. The molecule has 2 aromatic rings. The third-order valence-corrected chi connectivity index (χ3v) is 4.15. The van der Waals surface area contributed by atoms with Crippen molar-refractivity contribution in [3.63, 3.8) is 0 Å². The molecule has 2 aromatic carbocycles. The van der Waals surface area contributed by atoms with Crippen LogP contribution < -0.4 is 4.72 Å². The second-order valence-electron chi connectivity index (χ2n) is 4.18. The third kappa shape index (κ3) is 4.44. The highest BCUT2D eigenvalue weighted by Gasteiger charge is 2.12. The Bertz CT molecular complexity index is 753. The molecule has 0 radical (unpaired) electrons. The van der Waals surface area contributed by atoms with Gasteiger partial charge in [-0.25, -0.2) is 8.42 Å². The molecule has 0 aliphatic rings. The molecule has 0 fully saturated rings. The Morgan fingerprint density at radius 3 is 2.19 bits per heavy atom. The van der Waals surface area contributed by atoms with E-state index >= 15 is 0 Å². The van der Waals surface area contributed by atoms with Crippen LogP contribution in [-0.4, -0.2) is 13.7 Å². The summed E-state index contributed by atoms with van der Waals surface area (Å²) in [5.74, 6) is 0. The highest BCUT2D eigenvalue weighted by Crippen LogP contribution is 2.16. The number of hydrogen-bond donors (Lipinski definition) is 1. The van der Waals surface area contributed by atoms with E-state index in [1.165, 1.54) is 18.2 Å². The first-order valence-corrected chi connectivity index (χ1v) is 7.89. The van der Waals surface area contributed by atoms with E-state index in [9.17, 15) is 13.2 Å². The van der Waals surface area contributed by atoms with Crippen molar-refractivity contribution in [1.29, 1.82) is 0 Å². The zero-order valence-electron chi connectivity index (χ0n) is 10.9. The van der Waals surface area contributed by atoms with Gasteiger partial charge in [0.2, 0.25) is 5.24 Å². The minimum atomic E-state index is -3.60. The third-order valence-electron chi connectivity index (χ3n) is 2.62. The van der Waals surface area contributed by atoms with Gasteiger partial charge >= 0.3 is 0 Å². The second-order valence-corrected chi connectivity index (χ2v) is 6.23. The number of sulfonamides is 1. The van der Waals surface area contributed by atoms with Crippen LogP contribution in [-0.2, 0) is 14.8 Å². The van der Waals surface area contributed by atoms with E-state index in [1.54, 1.807) is 48.5 Å². The number of carbonyl (C=O) groups excluding carboxylic acids is 1. The molecule has 0 unspecified atom stereocenters. The van der Waals surface area contributed by atoms with Crippen molar-refractivity contribution in [2.24, 2.45) is 0 Å². The maximum absolute atomic E-state index is 12.1. The van der Waals surface area contributed by atoms with Crippen molar-refractivity contribution in [2.75, 3.05) is 4.72 Å². The summed E-state index contributed by atoms with van der Waals surface area (Å²) in [5, 5.41) is -0.566. The van der Waals surface area contributed by atoms with Crippen molar-refractivity contribution in [3.8, 4) is 0 Å². The van der Waals surface area contributed by atoms with Crippen molar-refractivity contribution in [1.82, 2.24) is 0 Å². The maximum Gasteiger partial charge on any atom is 0.261 e. The molecule has 21 heavy (non-hydrogen) atoms. The van der Waals surface area contributed by atoms with E-state index < -0.39 is 15.3 Å². The molecule has 0 aromatic heterocycles. The first kappa shape index (κ1) is 15.3. The minimum Gasteiger partial charge on any atom is -0.280 e. The van der Waals surface area contributed by atoms with Gasteiger partial charge in [0.1, 0.15) is 0 Å². The summed E-state index contributed by atoms with van der Waals surface area (Å²) in [7, 11) is -3.60. The summed E-state index contributed by atoms with van der Waals surface area (Å²) >= 11 is 5.20. The Kier molecular flexibility index (Phi) is 4.77. The van der Waals surface area contributed by atoms with Crippen LogP contribution in [0.5, 0.6) is 0 Å². The molecular formula is C15H12ClNO3S. The van der Waals surface area contributed by atoms with Crippen LogP contribution >= 0.6 is 11.6 Å². The number of carbonyl (C=O) groups is 1. The van der Waals surface area contributed by atoms with E-state index in [0.717, 1.165) is 5.56 Å². The SMILES string of the molecule is O=C(Cl)/C=C/c1ccc(NS(=O)(=O)c2ccccc2)cc1. The summed E-state index contributed by atoms with van der Waals surface area (Å²) in [4.78, 5) is 10.8. The molecule has 0 spiro atoms. The summed E-state index contributed by atoms with van der Waals surface area (Å²) < 4.78 is 26.7. The Morgan fingerprint density at radius 1 is 1.00 bits per heavy atom. The van der Waals surface area contributed by atoms with Gasteiger partial charge in [-0.15, -0.1) is 0 Å². The van der Waals surface area contributed by atoms with Crippen LogP contribution in [0.1, 0.15) is 5.56 Å². The van der Waals surface area contributed by atoms with E-state index in [0.29, 0.717) is 5.69 Å². The van der Waals surface area contributed by atoms with Crippen molar-refractivity contribution in [3.05, 3.63) is 66.2 Å². The van der Waals surface area contributed by atoms with Gasteiger partial charge in [-0.1, -0.05) is 36.4 Å². The largest absolute Gasteiger partial charge is 0.280 e. The van der Waals surface area contributed by atoms with E-state index in [1.807, 2.05) is 0 Å². The Hall–Kier alpha value is -2.11. The smallest absolute Gasteiger partial charge is 0.261 e. The van der Waals surface area contributed by atoms with Crippen LogP contribution in [0.25, 0.3) is 6.08 Å². The van der Waals surface area contributed by atoms with Crippen LogP contribution in [0.15, 0.2) is 65.6 Å². The highest BCUT2D eigenvalue weighted by molar-refractivity contribution is 7.92. The average Bonchev–Trinajstić information content (AvgIpc) is 2.47. The van der Waals surface area contributed by atoms with E-state index in [-0.39, 0.29) is 4.90 Å². The van der Waals surface area contributed by atoms with Crippen LogP contribution in [0.4, 0.5) is 5.69 Å². The van der Waals surface area contributed by atoms with Gasteiger partial charge in [0.25, 0.3) is 10.0 Å². The van der Waals surface area contributed by atoms with Crippen LogP contribution in [0.3, 0.4) is 0 Å². The molecule has 0 saturated carbocycles. The molecule has 0 amide bonds. The average molecular weight is 322 g/mol. The van der Waals surface area contributed by atoms with Crippen LogP contribution in [0, 0.1) is 0 Å². The predicted molar refractivity (Wildman–Crippen MR) is 83.6 cm³/mol. The quantitative estimate of drug-likeness (QED) is 0.679. The number of halogens is 1. The lowest BCUT2D eigenvalue weighted by Crippen LogP contribution is -2.12. The predicted octanol–water partition coefficient (Wildman–Crippen LogP) is 3.27. The molecule has 0 aliphatic carbocycles. The van der Waals surface area contributed by atoms with E-state index in [4.69, 9.17) is 11.6 Å². The van der Waals surface area contributed by atoms with Gasteiger partial charge in [0.15, 0.2) is 0 Å². The Morgan fingerprint density at radius 2 is 1.62 bits per heavy atom. The molecule has 108 valence electrons. The van der Waals surface area contributed by atoms with Crippen molar-refractivity contribution in [2.45, 2.75) is 4.90 Å². The van der Waals surface area contributed by atoms with Gasteiger partial charge in [-0.2, -0.15) is 0 Å². The number of rotatable bonds is 5. The number of nitrogens with one attached hydrogen (secondary N) is 1. The fourth-order valence-electron chi connectivity index (χ4n) is 1.64. The molecule has 0 aliphatic heterocycles. The fourth-order valence-corrected chi connectivity index (χ4v) is 2.78. The maximum atomic E-state index is 12.1. The van der Waals surface area contributed by atoms with Crippen molar-refractivity contribution < 1.29 is 13.2 Å². The van der Waals surface area contributed by atoms with E-state index in [2.05, 4.69) is 4.72 Å². The van der Waals surface area contributed by atoms with Crippen molar-refractivity contribution >= 4 is 38.6 Å². The summed E-state index contributed by atoms with van der Waals surface area (Å²) in [6, 6.07) is 14.7. The summed E-state index contributed by atoms with van der Waals surface area (Å²) in [6.45, 7) is 0. The standard InChI is InChI=1S/C15H12ClNO3S/c16-15(18)11-8-12-6-9-13(10-7-12)17-21(19,20)14-4-2-1-3-5-14/h1-11,17H/b11-8+. The summed E-state index contributed by atoms with van der Waals surface area (Å²) in [6.07, 6.45) is 2.77. The topological polar surface area (TPSA) is 63.2 Å². The first-order chi connectivity index (χ1) is 9.97. The van der Waals surface area contributed by atoms with Gasteiger partial charge in [-0.3, -0.25) is 9.52 Å². The molecular weight excluding hydrogens is 310 g/mol. The first-order valence-electron chi connectivity index (χ1n) is 6.03. The lowest BCUT2D eigenvalue weighted by molar-refractivity contribution is -0.107. The van der Waals surface area contributed by atoms with Gasteiger partial charge in [0, 0.05) is 5.69 Å². The molecule has 0 saturated heterocycles. The Balaban J connectivity index is 2.15. The second kappa shape index (κ2) is 6.56. The number of benzene rings is 2. The number of allylic oxidation sites excluding steroid dienone is 1. The normalized spacial score (nSPS) is 11.5. The fraction of sp³-hybridized carbons (Fsp3) is 0. The molecule has 4 nitrogen and oxygen atoms in total. The molecule has 1 N–H and O–H groups in total. The zero-order chi connectivity index (χ0) is 15.3. The number of anilines is 1. The minimum absolute atomic E-state index is 0.196. The lowest BCUT2D eigenvalue weighted by atomic mass is 10.2. The van der Waals surface area contributed by atoms with Gasteiger partial charge in [-0.05, 0) is 47.5 Å². The van der Waals surface area contributed by atoms with Gasteiger partial charge in [0.05, 0.1) is 4.90 Å². The molecule has 0 atom stereocenters. The monoisotopic (exact) mass is 321 g/mol.